The van der Waals surface area contributed by atoms with Crippen molar-refractivity contribution in [3.63, 3.8) is 0 Å². The number of methoxy groups -OCH3 is 1. The summed E-state index contributed by atoms with van der Waals surface area (Å²) in [6.07, 6.45) is -1.15. The fraction of sp³-hybridized carbons (Fsp3) is 0.250. The van der Waals surface area contributed by atoms with E-state index in [-0.39, 0.29) is 19.4 Å². The first-order valence-electron chi connectivity index (χ1n) is 15.0. The standard InChI is InChI=1S/C36H39N2O7P/c1-26(35(40)44-2)37-34(39)32(22-28-18-20-31(21-19-28)30-16-10-5-11-17-30)25-46(42,43)33(23-27-12-6-3-7-13-27)38-36(41)45-24-29-14-8-4-9-15-29/h3-21,26,32-33H,22-25H2,1-2H3,(H,37,39)(H,38,41)(H,42,43)/t26-,32?,33?/m0/s1. The summed E-state index contributed by atoms with van der Waals surface area (Å²) in [4.78, 5) is 50.1. The van der Waals surface area contributed by atoms with Gasteiger partial charge in [0.2, 0.25) is 13.3 Å². The highest BCUT2D eigenvalue weighted by Gasteiger charge is 2.38. The predicted octanol–water partition coefficient (Wildman–Crippen LogP) is 5.96. The van der Waals surface area contributed by atoms with Gasteiger partial charge in [-0.3, -0.25) is 9.36 Å². The van der Waals surface area contributed by atoms with E-state index in [2.05, 4.69) is 10.6 Å². The highest BCUT2D eigenvalue weighted by Crippen LogP contribution is 2.48. The Labute approximate surface area is 269 Å². The van der Waals surface area contributed by atoms with Gasteiger partial charge in [0.15, 0.2) is 0 Å². The minimum absolute atomic E-state index is 0.0180. The van der Waals surface area contributed by atoms with Crippen molar-refractivity contribution in [3.05, 3.63) is 132 Å². The first-order chi connectivity index (χ1) is 22.1. The van der Waals surface area contributed by atoms with Crippen molar-refractivity contribution in [2.75, 3.05) is 13.3 Å². The lowest BCUT2D eigenvalue weighted by Crippen LogP contribution is -2.45. The molecule has 240 valence electrons. The van der Waals surface area contributed by atoms with Crippen molar-refractivity contribution >= 4 is 25.3 Å². The lowest BCUT2D eigenvalue weighted by Gasteiger charge is -2.28. The number of amides is 2. The molecule has 3 N–H and O–H groups in total. The van der Waals surface area contributed by atoms with E-state index in [1.165, 1.54) is 14.0 Å². The van der Waals surface area contributed by atoms with Gasteiger partial charge in [-0.05, 0) is 41.2 Å². The van der Waals surface area contributed by atoms with E-state index in [1.54, 1.807) is 36.4 Å². The normalized spacial score (nSPS) is 14.2. The first kappa shape index (κ1) is 34.2. The molecule has 0 aliphatic carbocycles. The van der Waals surface area contributed by atoms with E-state index in [1.807, 2.05) is 78.9 Å². The van der Waals surface area contributed by atoms with E-state index in [0.29, 0.717) is 0 Å². The maximum atomic E-state index is 14.2. The highest BCUT2D eigenvalue weighted by molar-refractivity contribution is 7.58. The van der Waals surface area contributed by atoms with Crippen LogP contribution in [-0.4, -0.2) is 48.0 Å². The summed E-state index contributed by atoms with van der Waals surface area (Å²) in [5, 5.41) is 5.22. The Morgan fingerprint density at radius 1 is 0.717 bits per heavy atom. The summed E-state index contributed by atoms with van der Waals surface area (Å²) < 4.78 is 24.3. The van der Waals surface area contributed by atoms with Gasteiger partial charge in [-0.1, -0.05) is 115 Å². The molecule has 4 rings (SSSR count). The molecule has 4 atom stereocenters. The fourth-order valence-electron chi connectivity index (χ4n) is 5.03. The highest BCUT2D eigenvalue weighted by atomic mass is 31.2. The Balaban J connectivity index is 1.57. The van der Waals surface area contributed by atoms with Crippen LogP contribution in [0.5, 0.6) is 0 Å². The van der Waals surface area contributed by atoms with E-state index < -0.39 is 49.2 Å². The quantitative estimate of drug-likeness (QED) is 0.114. The monoisotopic (exact) mass is 642 g/mol. The van der Waals surface area contributed by atoms with Crippen molar-refractivity contribution in [2.24, 2.45) is 5.92 Å². The second-order valence-electron chi connectivity index (χ2n) is 11.1. The number of carbonyl (C=O) groups excluding carboxylic acids is 3. The molecular weight excluding hydrogens is 603 g/mol. The van der Waals surface area contributed by atoms with E-state index in [0.717, 1.165) is 27.8 Å². The van der Waals surface area contributed by atoms with Crippen molar-refractivity contribution in [3.8, 4) is 11.1 Å². The van der Waals surface area contributed by atoms with Gasteiger partial charge in [-0.25, -0.2) is 9.59 Å². The fourth-order valence-corrected chi connectivity index (χ4v) is 7.02. The number of ether oxygens (including phenoxy) is 2. The number of carbonyl (C=O) groups is 3. The molecule has 2 amide bonds. The number of esters is 1. The minimum Gasteiger partial charge on any atom is -0.467 e. The third-order valence-corrected chi connectivity index (χ3v) is 9.82. The Morgan fingerprint density at radius 2 is 1.24 bits per heavy atom. The van der Waals surface area contributed by atoms with Crippen LogP contribution in [0.25, 0.3) is 11.1 Å². The maximum Gasteiger partial charge on any atom is 0.408 e. The lowest BCUT2D eigenvalue weighted by molar-refractivity contribution is -0.144. The molecule has 0 aliphatic rings. The molecule has 10 heteroatoms. The summed E-state index contributed by atoms with van der Waals surface area (Å²) in [6.45, 7) is 1.46. The molecule has 0 radical (unpaired) electrons. The molecule has 0 aromatic heterocycles. The van der Waals surface area contributed by atoms with Gasteiger partial charge in [-0.2, -0.15) is 0 Å². The van der Waals surface area contributed by atoms with Crippen molar-refractivity contribution in [1.29, 1.82) is 0 Å². The molecular formula is C36H39N2O7P. The van der Waals surface area contributed by atoms with Crippen LogP contribution < -0.4 is 10.6 Å². The molecule has 0 bridgehead atoms. The van der Waals surface area contributed by atoms with Crippen LogP contribution in [0.3, 0.4) is 0 Å². The van der Waals surface area contributed by atoms with Gasteiger partial charge < -0.3 is 25.0 Å². The molecule has 46 heavy (non-hydrogen) atoms. The average Bonchev–Trinajstić information content (AvgIpc) is 3.08. The van der Waals surface area contributed by atoms with Gasteiger partial charge in [-0.15, -0.1) is 0 Å². The predicted molar refractivity (Wildman–Crippen MR) is 177 cm³/mol. The molecule has 0 heterocycles. The van der Waals surface area contributed by atoms with Crippen molar-refractivity contribution in [2.45, 2.75) is 38.2 Å². The van der Waals surface area contributed by atoms with Gasteiger partial charge in [0.1, 0.15) is 18.4 Å². The van der Waals surface area contributed by atoms with Gasteiger partial charge in [0.05, 0.1) is 13.0 Å². The van der Waals surface area contributed by atoms with Crippen LogP contribution in [0.2, 0.25) is 0 Å². The Morgan fingerprint density at radius 3 is 1.83 bits per heavy atom. The van der Waals surface area contributed by atoms with Gasteiger partial charge in [0.25, 0.3) is 0 Å². The van der Waals surface area contributed by atoms with Gasteiger partial charge >= 0.3 is 12.1 Å². The second kappa shape index (κ2) is 16.5. The molecule has 0 aliphatic heterocycles. The summed E-state index contributed by atoms with van der Waals surface area (Å²) in [5.74, 6) is -3.47. The summed E-state index contributed by atoms with van der Waals surface area (Å²) in [7, 11) is -3.07. The smallest absolute Gasteiger partial charge is 0.408 e. The third kappa shape index (κ3) is 10.2. The van der Waals surface area contributed by atoms with Crippen LogP contribution in [0.15, 0.2) is 115 Å². The van der Waals surface area contributed by atoms with Gasteiger partial charge in [0, 0.05) is 12.6 Å². The molecule has 0 spiro atoms. The Kier molecular flexibility index (Phi) is 12.3. The van der Waals surface area contributed by atoms with Crippen LogP contribution in [0.4, 0.5) is 4.79 Å². The molecule has 4 aromatic rings. The number of hydrogen-bond donors (Lipinski definition) is 3. The lowest BCUT2D eigenvalue weighted by atomic mass is 9.97. The van der Waals surface area contributed by atoms with E-state index >= 15 is 0 Å². The molecule has 0 fully saturated rings. The zero-order valence-corrected chi connectivity index (χ0v) is 26.8. The number of nitrogens with one attached hydrogen (secondary N) is 2. The zero-order valence-electron chi connectivity index (χ0n) is 25.9. The largest absolute Gasteiger partial charge is 0.467 e. The number of hydrogen-bond acceptors (Lipinski definition) is 6. The van der Waals surface area contributed by atoms with Crippen LogP contribution in [-0.2, 0) is 43.1 Å². The maximum absolute atomic E-state index is 14.2. The average molecular weight is 643 g/mol. The molecule has 0 saturated carbocycles. The summed E-state index contributed by atoms with van der Waals surface area (Å²) in [6, 6.07) is 34.5. The van der Waals surface area contributed by atoms with Crippen LogP contribution in [0.1, 0.15) is 23.6 Å². The topological polar surface area (TPSA) is 131 Å². The van der Waals surface area contributed by atoms with E-state index in [4.69, 9.17) is 9.47 Å². The number of alkyl carbamates (subject to hydrolysis) is 1. The molecule has 3 unspecified atom stereocenters. The molecule has 9 nitrogen and oxygen atoms in total. The number of rotatable bonds is 14. The van der Waals surface area contributed by atoms with Crippen molar-refractivity contribution < 1.29 is 33.3 Å². The first-order valence-corrected chi connectivity index (χ1v) is 16.9. The third-order valence-electron chi connectivity index (χ3n) is 7.57. The SMILES string of the molecule is COC(=O)[C@H](C)NC(=O)C(Cc1ccc(-c2ccccc2)cc1)CP(=O)(O)C(Cc1ccccc1)NC(=O)OCc1ccccc1. The summed E-state index contributed by atoms with van der Waals surface area (Å²) in [5.41, 5.74) is 4.27. The second-order valence-corrected chi connectivity index (χ2v) is 13.6. The Bertz CT molecular complexity index is 1620. The van der Waals surface area contributed by atoms with Crippen LogP contribution >= 0.6 is 7.37 Å². The summed E-state index contributed by atoms with van der Waals surface area (Å²) >= 11 is 0. The zero-order chi connectivity index (χ0) is 32.9. The number of benzene rings is 4. The minimum atomic E-state index is -4.28. The van der Waals surface area contributed by atoms with E-state index in [9.17, 15) is 23.8 Å². The molecule has 4 aromatic carbocycles. The van der Waals surface area contributed by atoms with Crippen molar-refractivity contribution in [1.82, 2.24) is 10.6 Å². The molecule has 0 saturated heterocycles. The van der Waals surface area contributed by atoms with Crippen LogP contribution in [0, 0.1) is 5.92 Å². The Hall–Kier alpha value is -4.72.